The van der Waals surface area contributed by atoms with Crippen molar-refractivity contribution in [3.8, 4) is 0 Å². The van der Waals surface area contributed by atoms with Crippen molar-refractivity contribution in [1.29, 1.82) is 0 Å². The van der Waals surface area contributed by atoms with E-state index in [9.17, 15) is 5.11 Å². The fraction of sp³-hybridized carbons (Fsp3) is 0.583. The third-order valence-corrected chi connectivity index (χ3v) is 2.81. The van der Waals surface area contributed by atoms with Crippen molar-refractivity contribution < 1.29 is 5.11 Å². The standard InChI is InChI=1S/C12H20ClN3O/c1-9(11-5-4-6-14-12(11)13)15-7-10(17)8-16(2)3/h4-6,9-10,15,17H,7-8H2,1-3H3. The summed E-state index contributed by atoms with van der Waals surface area (Å²) in [5.74, 6) is 0. The molecule has 1 aromatic rings. The summed E-state index contributed by atoms with van der Waals surface area (Å²) >= 11 is 6.00. The molecular formula is C12H20ClN3O. The molecule has 0 aliphatic heterocycles. The first-order valence-corrected chi connectivity index (χ1v) is 6.05. The molecule has 2 unspecified atom stereocenters. The highest BCUT2D eigenvalue weighted by molar-refractivity contribution is 6.30. The van der Waals surface area contributed by atoms with Crippen LogP contribution in [0.1, 0.15) is 18.5 Å². The fourth-order valence-corrected chi connectivity index (χ4v) is 1.91. The highest BCUT2D eigenvalue weighted by atomic mass is 35.5. The molecule has 0 fully saturated rings. The average Bonchev–Trinajstić information content (AvgIpc) is 2.25. The summed E-state index contributed by atoms with van der Waals surface area (Å²) in [6.07, 6.45) is 1.28. The van der Waals surface area contributed by atoms with E-state index in [4.69, 9.17) is 11.6 Å². The summed E-state index contributed by atoms with van der Waals surface area (Å²) in [6.45, 7) is 3.18. The molecule has 96 valence electrons. The second-order valence-corrected chi connectivity index (χ2v) is 4.79. The highest BCUT2D eigenvalue weighted by Crippen LogP contribution is 2.19. The van der Waals surface area contributed by atoms with Crippen LogP contribution in [0.25, 0.3) is 0 Å². The van der Waals surface area contributed by atoms with Crippen LogP contribution in [0, 0.1) is 0 Å². The van der Waals surface area contributed by atoms with E-state index < -0.39 is 0 Å². The maximum Gasteiger partial charge on any atom is 0.133 e. The van der Waals surface area contributed by atoms with Crippen molar-refractivity contribution in [2.75, 3.05) is 27.2 Å². The number of likely N-dealkylation sites (N-methyl/N-ethyl adjacent to an activating group) is 1. The van der Waals surface area contributed by atoms with E-state index in [1.165, 1.54) is 0 Å². The Labute approximate surface area is 108 Å². The van der Waals surface area contributed by atoms with Gasteiger partial charge >= 0.3 is 0 Å². The van der Waals surface area contributed by atoms with Crippen molar-refractivity contribution in [3.63, 3.8) is 0 Å². The normalized spacial score (nSPS) is 14.9. The summed E-state index contributed by atoms with van der Waals surface area (Å²) < 4.78 is 0. The van der Waals surface area contributed by atoms with Crippen LogP contribution in [0.2, 0.25) is 5.15 Å². The largest absolute Gasteiger partial charge is 0.390 e. The number of aliphatic hydroxyl groups is 1. The van der Waals surface area contributed by atoms with E-state index in [2.05, 4.69) is 10.3 Å². The smallest absolute Gasteiger partial charge is 0.133 e. The molecule has 1 aromatic heterocycles. The van der Waals surface area contributed by atoms with Crippen LogP contribution < -0.4 is 5.32 Å². The van der Waals surface area contributed by atoms with Gasteiger partial charge in [0.1, 0.15) is 5.15 Å². The number of hydrogen-bond donors (Lipinski definition) is 2. The molecule has 5 heteroatoms. The van der Waals surface area contributed by atoms with Gasteiger partial charge in [-0.15, -0.1) is 0 Å². The third kappa shape index (κ3) is 5.00. The Balaban J connectivity index is 2.45. The number of aliphatic hydroxyl groups excluding tert-OH is 1. The number of nitrogens with zero attached hydrogens (tertiary/aromatic N) is 2. The Morgan fingerprint density at radius 2 is 2.24 bits per heavy atom. The Bertz CT molecular complexity index is 346. The van der Waals surface area contributed by atoms with Gasteiger partial charge in [-0.25, -0.2) is 4.98 Å². The van der Waals surface area contributed by atoms with Crippen LogP contribution in [-0.2, 0) is 0 Å². The van der Waals surface area contributed by atoms with Gasteiger partial charge in [-0.1, -0.05) is 17.7 Å². The summed E-state index contributed by atoms with van der Waals surface area (Å²) in [6, 6.07) is 3.87. The molecule has 0 spiro atoms. The Kier molecular flexibility index (Phi) is 5.85. The predicted molar refractivity (Wildman–Crippen MR) is 70.2 cm³/mol. The predicted octanol–water partition coefficient (Wildman–Crippen LogP) is 1.31. The summed E-state index contributed by atoms with van der Waals surface area (Å²) in [7, 11) is 3.87. The van der Waals surface area contributed by atoms with Crippen molar-refractivity contribution in [3.05, 3.63) is 29.0 Å². The lowest BCUT2D eigenvalue weighted by molar-refractivity contribution is 0.132. The zero-order chi connectivity index (χ0) is 12.8. The van der Waals surface area contributed by atoms with Gasteiger partial charge in [-0.3, -0.25) is 0 Å². The molecule has 17 heavy (non-hydrogen) atoms. The molecule has 4 nitrogen and oxygen atoms in total. The molecular weight excluding hydrogens is 238 g/mol. The van der Waals surface area contributed by atoms with Crippen molar-refractivity contribution >= 4 is 11.6 Å². The molecule has 0 radical (unpaired) electrons. The lowest BCUT2D eigenvalue weighted by Crippen LogP contribution is -2.36. The molecule has 0 aliphatic rings. The van der Waals surface area contributed by atoms with Crippen molar-refractivity contribution in [2.24, 2.45) is 0 Å². The van der Waals surface area contributed by atoms with Crippen LogP contribution in [0.15, 0.2) is 18.3 Å². The monoisotopic (exact) mass is 257 g/mol. The molecule has 0 aliphatic carbocycles. The molecule has 2 N–H and O–H groups in total. The number of hydrogen-bond acceptors (Lipinski definition) is 4. The first-order valence-electron chi connectivity index (χ1n) is 5.67. The van der Waals surface area contributed by atoms with Gasteiger partial charge in [-0.05, 0) is 27.1 Å². The molecule has 0 amide bonds. The maximum absolute atomic E-state index is 9.73. The number of aromatic nitrogens is 1. The minimum Gasteiger partial charge on any atom is -0.390 e. The maximum atomic E-state index is 9.73. The zero-order valence-corrected chi connectivity index (χ0v) is 11.3. The molecule has 1 rings (SSSR count). The molecule has 0 saturated heterocycles. The van der Waals surface area contributed by atoms with E-state index in [0.29, 0.717) is 18.2 Å². The van der Waals surface area contributed by atoms with E-state index in [1.807, 2.05) is 38.1 Å². The number of rotatable bonds is 6. The van der Waals surface area contributed by atoms with E-state index in [0.717, 1.165) is 5.56 Å². The van der Waals surface area contributed by atoms with E-state index in [1.54, 1.807) is 6.20 Å². The molecule has 1 heterocycles. The molecule has 0 aromatic carbocycles. The average molecular weight is 258 g/mol. The number of pyridine rings is 1. The number of nitrogens with one attached hydrogen (secondary N) is 1. The van der Waals surface area contributed by atoms with Gasteiger partial charge in [0, 0.05) is 30.9 Å². The minimum atomic E-state index is -0.386. The molecule has 2 atom stereocenters. The summed E-state index contributed by atoms with van der Waals surface area (Å²) in [4.78, 5) is 5.98. The van der Waals surface area contributed by atoms with Gasteiger partial charge < -0.3 is 15.3 Å². The van der Waals surface area contributed by atoms with Crippen LogP contribution >= 0.6 is 11.6 Å². The minimum absolute atomic E-state index is 0.0769. The van der Waals surface area contributed by atoms with Gasteiger partial charge in [0.05, 0.1) is 6.10 Å². The van der Waals surface area contributed by atoms with Gasteiger partial charge in [-0.2, -0.15) is 0 Å². The SMILES string of the molecule is CC(NCC(O)CN(C)C)c1cccnc1Cl. The third-order valence-electron chi connectivity index (χ3n) is 2.49. The number of halogens is 1. The van der Waals surface area contributed by atoms with Crippen LogP contribution in [-0.4, -0.2) is 48.3 Å². The first-order chi connectivity index (χ1) is 8.00. The summed E-state index contributed by atoms with van der Waals surface area (Å²) in [5, 5.41) is 13.5. The Morgan fingerprint density at radius 1 is 1.53 bits per heavy atom. The first kappa shape index (κ1) is 14.4. The molecule has 0 bridgehead atoms. The van der Waals surface area contributed by atoms with Crippen LogP contribution in [0.5, 0.6) is 0 Å². The summed E-state index contributed by atoms with van der Waals surface area (Å²) in [5.41, 5.74) is 0.950. The van der Waals surface area contributed by atoms with Crippen LogP contribution in [0.4, 0.5) is 0 Å². The van der Waals surface area contributed by atoms with Gasteiger partial charge in [0.2, 0.25) is 0 Å². The van der Waals surface area contributed by atoms with Crippen molar-refractivity contribution in [2.45, 2.75) is 19.1 Å². The topological polar surface area (TPSA) is 48.4 Å². The van der Waals surface area contributed by atoms with Crippen molar-refractivity contribution in [1.82, 2.24) is 15.2 Å². The lowest BCUT2D eigenvalue weighted by Gasteiger charge is -2.20. The highest BCUT2D eigenvalue weighted by Gasteiger charge is 2.12. The fourth-order valence-electron chi connectivity index (χ4n) is 1.63. The van der Waals surface area contributed by atoms with Gasteiger partial charge in [0.25, 0.3) is 0 Å². The molecule has 0 saturated carbocycles. The second kappa shape index (κ2) is 6.91. The van der Waals surface area contributed by atoms with Crippen LogP contribution in [0.3, 0.4) is 0 Å². The lowest BCUT2D eigenvalue weighted by atomic mass is 10.1. The Morgan fingerprint density at radius 3 is 2.82 bits per heavy atom. The van der Waals surface area contributed by atoms with Gasteiger partial charge in [0.15, 0.2) is 0 Å². The zero-order valence-electron chi connectivity index (χ0n) is 10.5. The van der Waals surface area contributed by atoms with E-state index >= 15 is 0 Å². The quantitative estimate of drug-likeness (QED) is 0.755. The Hall–Kier alpha value is -0.680. The van der Waals surface area contributed by atoms with E-state index in [-0.39, 0.29) is 12.1 Å². The second-order valence-electron chi connectivity index (χ2n) is 4.43.